The lowest BCUT2D eigenvalue weighted by Gasteiger charge is -2.14. The number of nitrogens with one attached hydrogen (secondary N) is 1. The largest absolute Gasteiger partial charge is 0.490 e. The molecule has 0 aliphatic heterocycles. The third kappa shape index (κ3) is 6.14. The van der Waals surface area contributed by atoms with Crippen molar-refractivity contribution in [1.82, 2.24) is 10.3 Å². The highest BCUT2D eigenvalue weighted by Gasteiger charge is 2.10. The highest BCUT2D eigenvalue weighted by molar-refractivity contribution is 5.94. The molecule has 0 aliphatic carbocycles. The van der Waals surface area contributed by atoms with Gasteiger partial charge in [0, 0.05) is 19.7 Å². The predicted octanol–water partition coefficient (Wildman–Crippen LogP) is 2.32. The Balaban J connectivity index is 2.03. The molecule has 0 spiro atoms. The summed E-state index contributed by atoms with van der Waals surface area (Å²) in [6, 6.07) is 14.0. The van der Waals surface area contributed by atoms with E-state index in [1.165, 1.54) is 11.1 Å². The van der Waals surface area contributed by atoms with E-state index < -0.39 is 0 Å². The van der Waals surface area contributed by atoms with Crippen molar-refractivity contribution in [3.05, 3.63) is 59.7 Å². The summed E-state index contributed by atoms with van der Waals surface area (Å²) in [5.41, 5.74) is 3.72. The summed E-state index contributed by atoms with van der Waals surface area (Å²) >= 11 is 0. The van der Waals surface area contributed by atoms with Crippen LogP contribution in [0.1, 0.15) is 22.8 Å². The SMILES string of the molecule is CCOc1cc(/C=N/NC(=O)c2ccccc2)ccc1OCC(=O)N(C)C. The minimum atomic E-state index is -0.293. The lowest BCUT2D eigenvalue weighted by atomic mass is 10.2. The molecule has 7 heteroatoms. The number of carbonyl (C=O) groups excluding carboxylic acids is 2. The summed E-state index contributed by atoms with van der Waals surface area (Å²) < 4.78 is 11.1. The quantitative estimate of drug-likeness (QED) is 0.572. The fourth-order valence-corrected chi connectivity index (χ4v) is 2.08. The average molecular weight is 369 g/mol. The minimum absolute atomic E-state index is 0.0758. The van der Waals surface area contributed by atoms with Crippen LogP contribution in [0.3, 0.4) is 0 Å². The van der Waals surface area contributed by atoms with Crippen molar-refractivity contribution in [3.8, 4) is 11.5 Å². The molecule has 1 N–H and O–H groups in total. The van der Waals surface area contributed by atoms with Gasteiger partial charge in [0.25, 0.3) is 11.8 Å². The number of hydrazone groups is 1. The second-order valence-electron chi connectivity index (χ2n) is 5.78. The molecule has 0 aromatic heterocycles. The molecule has 27 heavy (non-hydrogen) atoms. The minimum Gasteiger partial charge on any atom is -0.490 e. The van der Waals surface area contributed by atoms with Crippen LogP contribution in [0.25, 0.3) is 0 Å². The summed E-state index contributed by atoms with van der Waals surface area (Å²) in [5, 5.41) is 3.96. The molecular weight excluding hydrogens is 346 g/mol. The molecule has 2 rings (SSSR count). The lowest BCUT2D eigenvalue weighted by Crippen LogP contribution is -2.27. The number of amides is 2. The first-order chi connectivity index (χ1) is 13.0. The molecule has 2 aromatic carbocycles. The van der Waals surface area contributed by atoms with Gasteiger partial charge in [-0.2, -0.15) is 5.10 Å². The van der Waals surface area contributed by atoms with E-state index in [0.29, 0.717) is 23.7 Å². The van der Waals surface area contributed by atoms with Gasteiger partial charge in [0.2, 0.25) is 0 Å². The van der Waals surface area contributed by atoms with Crippen molar-refractivity contribution in [1.29, 1.82) is 0 Å². The van der Waals surface area contributed by atoms with E-state index in [0.717, 1.165) is 5.56 Å². The van der Waals surface area contributed by atoms with Crippen molar-refractivity contribution < 1.29 is 19.1 Å². The molecule has 7 nitrogen and oxygen atoms in total. The average Bonchev–Trinajstić information content (AvgIpc) is 2.67. The molecule has 0 unspecified atom stereocenters. The zero-order valence-corrected chi connectivity index (χ0v) is 15.6. The molecule has 0 atom stereocenters. The van der Waals surface area contributed by atoms with E-state index in [2.05, 4.69) is 10.5 Å². The smallest absolute Gasteiger partial charge is 0.271 e. The number of carbonyl (C=O) groups is 2. The van der Waals surface area contributed by atoms with Gasteiger partial charge in [-0.15, -0.1) is 0 Å². The molecule has 142 valence electrons. The molecule has 0 aliphatic rings. The van der Waals surface area contributed by atoms with Crippen LogP contribution in [0.5, 0.6) is 11.5 Å². The van der Waals surface area contributed by atoms with Crippen LogP contribution in [-0.2, 0) is 4.79 Å². The Morgan fingerprint density at radius 1 is 1.07 bits per heavy atom. The maximum atomic E-state index is 12.0. The molecule has 0 saturated carbocycles. The maximum absolute atomic E-state index is 12.0. The zero-order chi connectivity index (χ0) is 19.6. The number of benzene rings is 2. The van der Waals surface area contributed by atoms with Gasteiger partial charge >= 0.3 is 0 Å². The highest BCUT2D eigenvalue weighted by Crippen LogP contribution is 2.28. The van der Waals surface area contributed by atoms with Crippen LogP contribution in [0.4, 0.5) is 0 Å². The molecule has 0 bridgehead atoms. The van der Waals surface area contributed by atoms with Crippen molar-refractivity contribution >= 4 is 18.0 Å². The fourth-order valence-electron chi connectivity index (χ4n) is 2.08. The van der Waals surface area contributed by atoms with E-state index in [1.54, 1.807) is 56.6 Å². The second kappa shape index (κ2) is 9.96. The van der Waals surface area contributed by atoms with Crippen LogP contribution in [0.2, 0.25) is 0 Å². The van der Waals surface area contributed by atoms with E-state index in [1.807, 2.05) is 13.0 Å². The second-order valence-corrected chi connectivity index (χ2v) is 5.78. The summed E-state index contributed by atoms with van der Waals surface area (Å²) in [7, 11) is 3.33. The maximum Gasteiger partial charge on any atom is 0.271 e. The van der Waals surface area contributed by atoms with Gasteiger partial charge in [0.05, 0.1) is 12.8 Å². The predicted molar refractivity (Wildman–Crippen MR) is 103 cm³/mol. The number of rotatable bonds is 8. The van der Waals surface area contributed by atoms with Gasteiger partial charge in [0.1, 0.15) is 0 Å². The Morgan fingerprint density at radius 3 is 2.48 bits per heavy atom. The van der Waals surface area contributed by atoms with Crippen molar-refractivity contribution in [2.45, 2.75) is 6.92 Å². The third-order valence-electron chi connectivity index (χ3n) is 3.53. The van der Waals surface area contributed by atoms with Gasteiger partial charge in [0.15, 0.2) is 18.1 Å². The molecule has 0 heterocycles. The fraction of sp³-hybridized carbons (Fsp3) is 0.250. The van der Waals surface area contributed by atoms with Crippen molar-refractivity contribution in [2.24, 2.45) is 5.10 Å². The third-order valence-corrected chi connectivity index (χ3v) is 3.53. The number of hydrogen-bond acceptors (Lipinski definition) is 5. The highest BCUT2D eigenvalue weighted by atomic mass is 16.5. The first kappa shape index (κ1) is 20.0. The Bertz CT molecular complexity index is 804. The van der Waals surface area contributed by atoms with Gasteiger partial charge in [-0.05, 0) is 42.8 Å². The van der Waals surface area contributed by atoms with E-state index in [-0.39, 0.29) is 18.4 Å². The van der Waals surface area contributed by atoms with Crippen LogP contribution in [0, 0.1) is 0 Å². The Kier molecular flexibility index (Phi) is 7.37. The van der Waals surface area contributed by atoms with Gasteiger partial charge in [-0.3, -0.25) is 9.59 Å². The number of nitrogens with zero attached hydrogens (tertiary/aromatic N) is 2. The molecule has 0 saturated heterocycles. The molecule has 0 radical (unpaired) electrons. The number of ether oxygens (including phenoxy) is 2. The Morgan fingerprint density at radius 2 is 1.81 bits per heavy atom. The zero-order valence-electron chi connectivity index (χ0n) is 15.6. The molecular formula is C20H23N3O4. The topological polar surface area (TPSA) is 80.2 Å². The monoisotopic (exact) mass is 369 g/mol. The molecule has 0 fully saturated rings. The van der Waals surface area contributed by atoms with Crippen molar-refractivity contribution in [2.75, 3.05) is 27.3 Å². The number of hydrogen-bond donors (Lipinski definition) is 1. The Hall–Kier alpha value is -3.35. The summed E-state index contributed by atoms with van der Waals surface area (Å²) in [4.78, 5) is 25.1. The van der Waals surface area contributed by atoms with E-state index >= 15 is 0 Å². The standard InChI is InChI=1S/C20H23N3O4/c1-4-26-18-12-15(10-11-17(18)27-14-19(24)23(2)3)13-21-22-20(25)16-8-6-5-7-9-16/h5-13H,4,14H2,1-3H3,(H,22,25)/b21-13+. The molecule has 2 amide bonds. The lowest BCUT2D eigenvalue weighted by molar-refractivity contribution is -0.130. The Labute approximate surface area is 158 Å². The summed E-state index contributed by atoms with van der Waals surface area (Å²) in [5.74, 6) is 0.533. The van der Waals surface area contributed by atoms with E-state index in [9.17, 15) is 9.59 Å². The van der Waals surface area contributed by atoms with Crippen molar-refractivity contribution in [3.63, 3.8) is 0 Å². The van der Waals surface area contributed by atoms with E-state index in [4.69, 9.17) is 9.47 Å². The van der Waals surface area contributed by atoms with Crippen LogP contribution < -0.4 is 14.9 Å². The van der Waals surface area contributed by atoms with Crippen LogP contribution >= 0.6 is 0 Å². The van der Waals surface area contributed by atoms with Gasteiger partial charge < -0.3 is 14.4 Å². The first-order valence-corrected chi connectivity index (χ1v) is 8.49. The number of likely N-dealkylation sites (N-methyl/N-ethyl adjacent to an activating group) is 1. The van der Waals surface area contributed by atoms with Crippen LogP contribution in [-0.4, -0.2) is 50.2 Å². The summed E-state index contributed by atoms with van der Waals surface area (Å²) in [6.45, 7) is 2.23. The van der Waals surface area contributed by atoms with Gasteiger partial charge in [-0.25, -0.2) is 5.43 Å². The first-order valence-electron chi connectivity index (χ1n) is 8.49. The van der Waals surface area contributed by atoms with Crippen LogP contribution in [0.15, 0.2) is 53.6 Å². The summed E-state index contributed by atoms with van der Waals surface area (Å²) in [6.07, 6.45) is 1.51. The molecule has 2 aromatic rings. The normalized spacial score (nSPS) is 10.5. The van der Waals surface area contributed by atoms with Gasteiger partial charge in [-0.1, -0.05) is 18.2 Å².